The fourth-order valence-electron chi connectivity index (χ4n) is 0.773. The van der Waals surface area contributed by atoms with Crippen LogP contribution in [0.25, 0.3) is 0 Å². The third-order valence-corrected chi connectivity index (χ3v) is 1.20. The third kappa shape index (κ3) is 0.633. The van der Waals surface area contributed by atoms with Gasteiger partial charge in [0.2, 0.25) is 6.77 Å². The maximum absolute atomic E-state index is 7.07. The summed E-state index contributed by atoms with van der Waals surface area (Å²) in [6.07, 6.45) is 0. The van der Waals surface area contributed by atoms with Crippen LogP contribution in [0.2, 0.25) is 0 Å². The average Bonchev–Trinajstić information content (AvgIpc) is 2.27. The molecule has 1 heterocycles. The van der Waals surface area contributed by atoms with Gasteiger partial charge in [0.1, 0.15) is 1.37 Å². The highest BCUT2D eigenvalue weighted by atomic mass is 16.7. The van der Waals surface area contributed by atoms with Crippen LogP contribution >= 0.6 is 0 Å². The molecule has 9 heavy (non-hydrogen) atoms. The van der Waals surface area contributed by atoms with E-state index in [0.717, 1.165) is 0 Å². The molecule has 0 atom stereocenters. The molecule has 0 bridgehead atoms. The van der Waals surface area contributed by atoms with Gasteiger partial charge in [-0.1, -0.05) is 12.1 Å². The topological polar surface area (TPSA) is 18.5 Å². The zero-order chi connectivity index (χ0) is 6.97. The maximum atomic E-state index is 7.07. The Morgan fingerprint density at radius 3 is 2.33 bits per heavy atom. The fraction of sp³-hybridized carbons (Fsp3) is 0.143. The third-order valence-electron chi connectivity index (χ3n) is 1.20. The Balaban J connectivity index is 2.42. The summed E-state index contributed by atoms with van der Waals surface area (Å²) in [6, 6.07) is 7.26. The standard InChI is InChI=1S/C7H6O2/c1-2-4-7-6(3-1)8-5-9-7/h1-4H,5H2/i5D. The number of fused-ring (bicyclic) bond motifs is 1. The first-order chi connectivity index (χ1) is 4.86. The van der Waals surface area contributed by atoms with E-state index in [1.165, 1.54) is 0 Å². The number of rotatable bonds is 0. The van der Waals surface area contributed by atoms with Gasteiger partial charge in [0.25, 0.3) is 0 Å². The molecule has 1 aromatic carbocycles. The van der Waals surface area contributed by atoms with Crippen molar-refractivity contribution in [3.63, 3.8) is 0 Å². The molecule has 0 aromatic heterocycles. The Morgan fingerprint density at radius 2 is 1.78 bits per heavy atom. The van der Waals surface area contributed by atoms with Gasteiger partial charge < -0.3 is 9.47 Å². The summed E-state index contributed by atoms with van der Waals surface area (Å²) in [5.74, 6) is 1.31. The first kappa shape index (κ1) is 3.77. The molecule has 0 aliphatic carbocycles. The molecule has 46 valence electrons. The second kappa shape index (κ2) is 1.65. The van der Waals surface area contributed by atoms with Crippen molar-refractivity contribution in [1.29, 1.82) is 0 Å². The molecule has 0 fully saturated rings. The monoisotopic (exact) mass is 123 g/mol. The van der Waals surface area contributed by atoms with Crippen molar-refractivity contribution in [2.75, 3.05) is 6.77 Å². The van der Waals surface area contributed by atoms with Gasteiger partial charge in [-0.25, -0.2) is 0 Å². The van der Waals surface area contributed by atoms with Gasteiger partial charge in [0.15, 0.2) is 11.5 Å². The highest BCUT2D eigenvalue weighted by molar-refractivity contribution is 5.40. The van der Waals surface area contributed by atoms with Crippen LogP contribution < -0.4 is 9.47 Å². The second-order valence-electron chi connectivity index (χ2n) is 1.78. The minimum atomic E-state index is -0.877. The minimum Gasteiger partial charge on any atom is -0.454 e. The van der Waals surface area contributed by atoms with E-state index in [2.05, 4.69) is 0 Å². The summed E-state index contributed by atoms with van der Waals surface area (Å²) in [5.41, 5.74) is 0. The first-order valence-electron chi connectivity index (χ1n) is 3.28. The quantitative estimate of drug-likeness (QED) is 0.519. The molecule has 0 amide bonds. The molecule has 2 rings (SSSR count). The van der Waals surface area contributed by atoms with Gasteiger partial charge in [0, 0.05) is 0 Å². The van der Waals surface area contributed by atoms with Gasteiger partial charge in [0.05, 0.1) is 0 Å². The lowest BCUT2D eigenvalue weighted by Gasteiger charge is -1.89. The smallest absolute Gasteiger partial charge is 0.231 e. The van der Waals surface area contributed by atoms with Crippen LogP contribution in [0.1, 0.15) is 1.37 Å². The van der Waals surface area contributed by atoms with Gasteiger partial charge >= 0.3 is 0 Å². The number of para-hydroxylation sites is 2. The highest BCUT2D eigenvalue weighted by Gasteiger charge is 2.09. The molecule has 0 spiro atoms. The minimum absolute atomic E-state index is 0.655. The molecule has 0 N–H and O–H groups in total. The molecular formula is C7H6O2. The van der Waals surface area contributed by atoms with E-state index < -0.39 is 6.77 Å². The van der Waals surface area contributed by atoms with Crippen molar-refractivity contribution in [3.05, 3.63) is 24.3 Å². The van der Waals surface area contributed by atoms with E-state index in [9.17, 15) is 0 Å². The molecule has 0 saturated heterocycles. The molecule has 1 aliphatic heterocycles. The predicted octanol–water partition coefficient (Wildman–Crippen LogP) is 1.42. The normalized spacial score (nSPS) is 17.6. The van der Waals surface area contributed by atoms with Gasteiger partial charge in [-0.15, -0.1) is 0 Å². The fourth-order valence-corrected chi connectivity index (χ4v) is 0.773. The Morgan fingerprint density at radius 1 is 1.22 bits per heavy atom. The summed E-state index contributed by atoms with van der Waals surface area (Å²) in [7, 11) is 0. The van der Waals surface area contributed by atoms with Crippen molar-refractivity contribution in [3.8, 4) is 11.5 Å². The summed E-state index contributed by atoms with van der Waals surface area (Å²) in [4.78, 5) is 0. The Kier molecular flexibility index (Phi) is 0.693. The van der Waals surface area contributed by atoms with E-state index in [4.69, 9.17) is 10.8 Å². The first-order valence-corrected chi connectivity index (χ1v) is 2.71. The molecule has 0 radical (unpaired) electrons. The van der Waals surface area contributed by atoms with Gasteiger partial charge in [-0.3, -0.25) is 0 Å². The Hall–Kier alpha value is -1.18. The Labute approximate surface area is 54.4 Å². The van der Waals surface area contributed by atoms with Crippen LogP contribution in [0.5, 0.6) is 11.5 Å². The van der Waals surface area contributed by atoms with Gasteiger partial charge in [-0.05, 0) is 12.1 Å². The zero-order valence-corrected chi connectivity index (χ0v) is 4.70. The van der Waals surface area contributed by atoms with E-state index >= 15 is 0 Å². The number of ether oxygens (including phenoxy) is 2. The summed E-state index contributed by atoms with van der Waals surface area (Å²) in [5, 5.41) is 0. The van der Waals surface area contributed by atoms with Crippen LogP contribution in [-0.4, -0.2) is 6.77 Å². The summed E-state index contributed by atoms with van der Waals surface area (Å²) < 4.78 is 17.0. The average molecular weight is 123 g/mol. The van der Waals surface area contributed by atoms with Crippen LogP contribution in [0.15, 0.2) is 24.3 Å². The molecule has 1 aromatic rings. The summed E-state index contributed by atoms with van der Waals surface area (Å²) >= 11 is 0. The molecule has 1 aliphatic rings. The second-order valence-corrected chi connectivity index (χ2v) is 1.78. The van der Waals surface area contributed by atoms with Crippen molar-refractivity contribution in [2.45, 2.75) is 0 Å². The van der Waals surface area contributed by atoms with Crippen LogP contribution in [0.3, 0.4) is 0 Å². The lowest BCUT2D eigenvalue weighted by atomic mass is 10.3. The Bertz CT molecular complexity index is 224. The predicted molar refractivity (Wildman–Crippen MR) is 32.6 cm³/mol. The SMILES string of the molecule is [2H]C1Oc2ccccc2O1. The van der Waals surface area contributed by atoms with E-state index in [-0.39, 0.29) is 0 Å². The largest absolute Gasteiger partial charge is 0.454 e. The maximum Gasteiger partial charge on any atom is 0.231 e. The van der Waals surface area contributed by atoms with Gasteiger partial charge in [-0.2, -0.15) is 0 Å². The van der Waals surface area contributed by atoms with Crippen molar-refractivity contribution in [2.24, 2.45) is 0 Å². The molecule has 0 unspecified atom stereocenters. The molecule has 2 nitrogen and oxygen atoms in total. The van der Waals surface area contributed by atoms with Crippen LogP contribution in [-0.2, 0) is 0 Å². The summed E-state index contributed by atoms with van der Waals surface area (Å²) in [6.45, 7) is -0.877. The van der Waals surface area contributed by atoms with Crippen molar-refractivity contribution in [1.82, 2.24) is 0 Å². The lowest BCUT2D eigenvalue weighted by Crippen LogP contribution is -1.92. The lowest BCUT2D eigenvalue weighted by molar-refractivity contribution is 0.174. The zero-order valence-electron chi connectivity index (χ0n) is 5.70. The number of hydrogen-bond donors (Lipinski definition) is 0. The molecule has 0 saturated carbocycles. The van der Waals surface area contributed by atoms with E-state index in [0.29, 0.717) is 11.5 Å². The highest BCUT2D eigenvalue weighted by Crippen LogP contribution is 2.30. The van der Waals surface area contributed by atoms with Crippen LogP contribution in [0.4, 0.5) is 0 Å². The van der Waals surface area contributed by atoms with Crippen molar-refractivity contribution >= 4 is 0 Å². The van der Waals surface area contributed by atoms with E-state index in [1.54, 1.807) is 12.1 Å². The van der Waals surface area contributed by atoms with Crippen molar-refractivity contribution < 1.29 is 10.8 Å². The number of hydrogen-bond acceptors (Lipinski definition) is 2. The number of benzene rings is 1. The molecular weight excluding hydrogens is 116 g/mol. The van der Waals surface area contributed by atoms with Crippen LogP contribution in [0, 0.1) is 0 Å². The van der Waals surface area contributed by atoms with E-state index in [1.807, 2.05) is 12.1 Å². The molecule has 2 heteroatoms.